The van der Waals surface area contributed by atoms with Crippen LogP contribution < -0.4 is 29.6 Å². The van der Waals surface area contributed by atoms with Crippen LogP contribution >= 0.6 is 0 Å². The van der Waals surface area contributed by atoms with Gasteiger partial charge in [-0.2, -0.15) is 5.26 Å². The first-order chi connectivity index (χ1) is 5.56. The first kappa shape index (κ1) is 15.9. The second-order valence-electron chi connectivity index (χ2n) is 2.58. The summed E-state index contributed by atoms with van der Waals surface area (Å²) in [6, 6.07) is 1.99. The van der Waals surface area contributed by atoms with Crippen LogP contribution in [0.3, 0.4) is 0 Å². The van der Waals surface area contributed by atoms with Gasteiger partial charge in [0.2, 0.25) is 0 Å². The van der Waals surface area contributed by atoms with E-state index >= 15 is 0 Å². The molecule has 0 heterocycles. The SMILES string of the molecule is N#CCCCCCCS(=O)(=O)[O-].[Na+]. The predicted molar refractivity (Wildman–Crippen MR) is 43.3 cm³/mol. The standard InChI is InChI=1S/C7H13NO3S.Na/c8-6-4-2-1-3-5-7-12(9,10)11;/h1-5,7H2,(H,9,10,11);/q;+1/p-1. The molecule has 13 heavy (non-hydrogen) atoms. The number of hydrogen-bond acceptors (Lipinski definition) is 4. The molecule has 0 unspecified atom stereocenters. The maximum Gasteiger partial charge on any atom is 1.00 e. The van der Waals surface area contributed by atoms with Gasteiger partial charge in [-0.1, -0.05) is 12.8 Å². The van der Waals surface area contributed by atoms with Crippen molar-refractivity contribution in [3.8, 4) is 6.07 Å². The molecular formula is C7H12NNaO3S. The molecule has 0 aliphatic heterocycles. The van der Waals surface area contributed by atoms with Crippen molar-refractivity contribution in [1.29, 1.82) is 5.26 Å². The second-order valence-corrected chi connectivity index (χ2v) is 4.11. The van der Waals surface area contributed by atoms with E-state index in [0.29, 0.717) is 19.3 Å². The predicted octanol–water partition coefficient (Wildman–Crippen LogP) is -1.99. The fourth-order valence-corrected chi connectivity index (χ4v) is 1.39. The van der Waals surface area contributed by atoms with Crippen LogP contribution in [-0.4, -0.2) is 18.7 Å². The molecule has 0 aromatic rings. The van der Waals surface area contributed by atoms with Gasteiger partial charge in [-0.15, -0.1) is 0 Å². The number of hydrogen-bond donors (Lipinski definition) is 0. The summed E-state index contributed by atoms with van der Waals surface area (Å²) in [5.41, 5.74) is 0. The van der Waals surface area contributed by atoms with Crippen molar-refractivity contribution in [2.75, 3.05) is 5.75 Å². The number of unbranched alkanes of at least 4 members (excludes halogenated alkanes) is 4. The molecule has 0 rings (SSSR count). The Labute approximate surface area is 101 Å². The van der Waals surface area contributed by atoms with E-state index in [1.165, 1.54) is 0 Å². The molecular weight excluding hydrogens is 201 g/mol. The topological polar surface area (TPSA) is 81.0 Å². The van der Waals surface area contributed by atoms with Gasteiger partial charge in [0.15, 0.2) is 0 Å². The third-order valence-electron chi connectivity index (χ3n) is 1.43. The summed E-state index contributed by atoms with van der Waals surface area (Å²) in [4.78, 5) is 0. The minimum absolute atomic E-state index is 0. The largest absolute Gasteiger partial charge is 1.00 e. The van der Waals surface area contributed by atoms with Gasteiger partial charge in [-0.05, 0) is 12.8 Å². The van der Waals surface area contributed by atoms with Crippen molar-refractivity contribution < 1.29 is 42.5 Å². The molecule has 0 fully saturated rings. The first-order valence-electron chi connectivity index (χ1n) is 3.87. The molecule has 0 atom stereocenters. The zero-order chi connectivity index (χ0) is 9.45. The molecule has 0 saturated carbocycles. The van der Waals surface area contributed by atoms with Crippen LogP contribution in [0.25, 0.3) is 0 Å². The maximum atomic E-state index is 10.1. The number of rotatable bonds is 6. The average molecular weight is 213 g/mol. The Morgan fingerprint density at radius 1 is 1.15 bits per heavy atom. The molecule has 0 amide bonds. The summed E-state index contributed by atoms with van der Waals surface area (Å²) in [5.74, 6) is -0.278. The van der Waals surface area contributed by atoms with Crippen LogP contribution in [0, 0.1) is 11.3 Å². The van der Waals surface area contributed by atoms with Crippen LogP contribution in [0.1, 0.15) is 32.1 Å². The Morgan fingerprint density at radius 2 is 1.69 bits per heavy atom. The summed E-state index contributed by atoms with van der Waals surface area (Å²) in [5, 5.41) is 8.16. The smallest absolute Gasteiger partial charge is 0.748 e. The van der Waals surface area contributed by atoms with Crippen LogP contribution in [0.5, 0.6) is 0 Å². The Morgan fingerprint density at radius 3 is 2.15 bits per heavy atom. The van der Waals surface area contributed by atoms with Crippen molar-refractivity contribution in [3.63, 3.8) is 0 Å². The van der Waals surface area contributed by atoms with E-state index in [1.807, 2.05) is 6.07 Å². The molecule has 0 aromatic carbocycles. The van der Waals surface area contributed by atoms with Gasteiger partial charge in [-0.3, -0.25) is 0 Å². The molecule has 6 heteroatoms. The normalized spacial score (nSPS) is 10.2. The Kier molecular flexibility index (Phi) is 10.9. The monoisotopic (exact) mass is 213 g/mol. The fraction of sp³-hybridized carbons (Fsp3) is 0.857. The molecule has 0 bridgehead atoms. The zero-order valence-corrected chi connectivity index (χ0v) is 10.6. The van der Waals surface area contributed by atoms with Gasteiger partial charge < -0.3 is 4.55 Å². The molecule has 0 saturated heterocycles. The molecule has 0 aliphatic rings. The van der Waals surface area contributed by atoms with E-state index in [2.05, 4.69) is 0 Å². The van der Waals surface area contributed by atoms with E-state index in [0.717, 1.165) is 12.8 Å². The fourth-order valence-electron chi connectivity index (χ4n) is 0.836. The summed E-state index contributed by atoms with van der Waals surface area (Å²) in [7, 11) is -4.03. The quantitative estimate of drug-likeness (QED) is 0.290. The van der Waals surface area contributed by atoms with E-state index < -0.39 is 10.1 Å². The zero-order valence-electron chi connectivity index (χ0n) is 7.82. The third kappa shape index (κ3) is 15.2. The van der Waals surface area contributed by atoms with Gasteiger partial charge >= 0.3 is 29.6 Å². The molecule has 0 aromatic heterocycles. The van der Waals surface area contributed by atoms with Crippen molar-refractivity contribution in [3.05, 3.63) is 0 Å². The van der Waals surface area contributed by atoms with Gasteiger partial charge in [-0.25, -0.2) is 8.42 Å². The molecule has 4 nitrogen and oxygen atoms in total. The van der Waals surface area contributed by atoms with Crippen LogP contribution in [0.2, 0.25) is 0 Å². The summed E-state index contributed by atoms with van der Waals surface area (Å²) < 4.78 is 30.3. The van der Waals surface area contributed by atoms with Crippen molar-refractivity contribution in [1.82, 2.24) is 0 Å². The van der Waals surface area contributed by atoms with Crippen molar-refractivity contribution in [2.24, 2.45) is 0 Å². The van der Waals surface area contributed by atoms with E-state index in [9.17, 15) is 13.0 Å². The Balaban J connectivity index is 0. The number of nitrogens with zero attached hydrogens (tertiary/aromatic N) is 1. The van der Waals surface area contributed by atoms with Crippen molar-refractivity contribution >= 4 is 10.1 Å². The minimum atomic E-state index is -4.03. The summed E-state index contributed by atoms with van der Waals surface area (Å²) >= 11 is 0. The van der Waals surface area contributed by atoms with Gasteiger partial charge in [0.05, 0.1) is 16.2 Å². The third-order valence-corrected chi connectivity index (χ3v) is 2.22. The van der Waals surface area contributed by atoms with Crippen LogP contribution in [0.15, 0.2) is 0 Å². The van der Waals surface area contributed by atoms with Crippen LogP contribution in [-0.2, 0) is 10.1 Å². The van der Waals surface area contributed by atoms with Gasteiger partial charge in [0.25, 0.3) is 0 Å². The van der Waals surface area contributed by atoms with Gasteiger partial charge in [0, 0.05) is 12.2 Å². The Hall–Kier alpha value is 0.400. The van der Waals surface area contributed by atoms with Crippen LogP contribution in [0.4, 0.5) is 0 Å². The molecule has 0 aliphatic carbocycles. The Bertz CT molecular complexity index is 245. The van der Waals surface area contributed by atoms with Gasteiger partial charge in [0.1, 0.15) is 0 Å². The van der Waals surface area contributed by atoms with Crippen molar-refractivity contribution in [2.45, 2.75) is 32.1 Å². The molecule has 0 N–H and O–H groups in total. The molecule has 0 spiro atoms. The molecule has 70 valence electrons. The number of nitriles is 1. The second kappa shape index (κ2) is 8.97. The van der Waals surface area contributed by atoms with E-state index in [1.54, 1.807) is 0 Å². The molecule has 0 radical (unpaired) electrons. The maximum absolute atomic E-state index is 10.1. The summed E-state index contributed by atoms with van der Waals surface area (Å²) in [6.07, 6.45) is 3.24. The minimum Gasteiger partial charge on any atom is -0.748 e. The summed E-state index contributed by atoms with van der Waals surface area (Å²) in [6.45, 7) is 0. The average Bonchev–Trinajstić information content (AvgIpc) is 1.94. The van der Waals surface area contributed by atoms with E-state index in [4.69, 9.17) is 5.26 Å². The first-order valence-corrected chi connectivity index (χ1v) is 5.44. The van der Waals surface area contributed by atoms with E-state index in [-0.39, 0.29) is 35.3 Å².